The summed E-state index contributed by atoms with van der Waals surface area (Å²) in [4.78, 5) is 8.38. The molecule has 8 heteroatoms. The summed E-state index contributed by atoms with van der Waals surface area (Å²) in [5.74, 6) is 0.710. The molecule has 1 aliphatic heterocycles. The van der Waals surface area contributed by atoms with E-state index in [9.17, 15) is 8.42 Å². The van der Waals surface area contributed by atoms with Crippen LogP contribution in [-0.4, -0.2) is 39.4 Å². The van der Waals surface area contributed by atoms with Crippen LogP contribution >= 0.6 is 0 Å². The van der Waals surface area contributed by atoms with E-state index >= 15 is 0 Å². The van der Waals surface area contributed by atoms with Crippen molar-refractivity contribution in [2.75, 3.05) is 6.54 Å². The topological polar surface area (TPSA) is 94.7 Å². The summed E-state index contributed by atoms with van der Waals surface area (Å²) in [5.41, 5.74) is 6.90. The van der Waals surface area contributed by atoms with Gasteiger partial charge in [-0.05, 0) is 55.7 Å². The fraction of sp³-hybridized carbons (Fsp3) is 0.238. The Morgan fingerprint density at radius 2 is 1.83 bits per heavy atom. The van der Waals surface area contributed by atoms with Crippen LogP contribution in [0.25, 0.3) is 22.6 Å². The quantitative estimate of drug-likeness (QED) is 0.545. The second kappa shape index (κ2) is 6.53. The van der Waals surface area contributed by atoms with Gasteiger partial charge in [-0.15, -0.1) is 0 Å². The fourth-order valence-electron chi connectivity index (χ4n) is 3.82. The molecule has 0 radical (unpaired) electrons. The minimum absolute atomic E-state index is 0.276. The number of rotatable bonds is 3. The Bertz CT molecular complexity index is 1280. The van der Waals surface area contributed by atoms with Crippen LogP contribution in [-0.2, 0) is 23.0 Å². The Balaban J connectivity index is 1.48. The molecule has 2 N–H and O–H groups in total. The van der Waals surface area contributed by atoms with E-state index in [1.165, 1.54) is 15.4 Å². The van der Waals surface area contributed by atoms with Crippen molar-refractivity contribution in [3.05, 3.63) is 64.8 Å². The van der Waals surface area contributed by atoms with E-state index in [0.717, 1.165) is 28.0 Å². The molecule has 1 aliphatic rings. The van der Waals surface area contributed by atoms with E-state index in [4.69, 9.17) is 4.98 Å². The smallest absolute Gasteiger partial charge is 0.243 e. The Morgan fingerprint density at radius 3 is 2.62 bits per heavy atom. The molecular weight excluding hydrogens is 386 g/mol. The summed E-state index contributed by atoms with van der Waals surface area (Å²) in [6, 6.07) is 12.7. The molecule has 148 valence electrons. The largest absolute Gasteiger partial charge is 0.337 e. The van der Waals surface area contributed by atoms with Gasteiger partial charge in [-0.2, -0.15) is 9.40 Å². The van der Waals surface area contributed by atoms with Crippen LogP contribution in [0.15, 0.2) is 47.4 Å². The molecule has 2 aromatic carbocycles. The van der Waals surface area contributed by atoms with Crippen LogP contribution in [0.5, 0.6) is 0 Å². The number of nitrogens with zero attached hydrogens (tertiary/aromatic N) is 3. The summed E-state index contributed by atoms with van der Waals surface area (Å²) >= 11 is 0. The third-order valence-corrected chi connectivity index (χ3v) is 7.46. The second-order valence-corrected chi connectivity index (χ2v) is 9.41. The number of sulfonamides is 1. The van der Waals surface area contributed by atoms with Crippen LogP contribution in [0.2, 0.25) is 0 Å². The number of H-pyrrole nitrogens is 2. The molecular formula is C21H21N5O2S. The normalized spacial score (nSPS) is 15.0. The minimum Gasteiger partial charge on any atom is -0.337 e. The number of imidazole rings is 1. The van der Waals surface area contributed by atoms with Crippen LogP contribution in [0.3, 0.4) is 0 Å². The van der Waals surface area contributed by atoms with Gasteiger partial charge in [-0.3, -0.25) is 5.10 Å². The van der Waals surface area contributed by atoms with Crippen LogP contribution in [0.1, 0.15) is 22.4 Å². The second-order valence-electron chi connectivity index (χ2n) is 7.47. The highest BCUT2D eigenvalue weighted by atomic mass is 32.2. The lowest BCUT2D eigenvalue weighted by Gasteiger charge is -2.26. The number of benzene rings is 2. The standard InChI is InChI=1S/C21H21N5O2S/c1-13-10-17-18(11-14(13)2)23-21(22-17)20-16-8-9-26(12-19(16)24-25-20)29(27,28)15-6-4-3-5-7-15/h3-7,10-11H,8-9,12H2,1-2H3,(H,22,23)(H,24,25). The lowest BCUT2D eigenvalue weighted by atomic mass is 10.1. The minimum atomic E-state index is -3.53. The van der Waals surface area contributed by atoms with E-state index in [-0.39, 0.29) is 6.54 Å². The van der Waals surface area contributed by atoms with E-state index in [2.05, 4.69) is 41.2 Å². The molecule has 0 atom stereocenters. The van der Waals surface area contributed by atoms with Gasteiger partial charge in [0.05, 0.1) is 28.2 Å². The molecule has 4 aromatic rings. The summed E-state index contributed by atoms with van der Waals surface area (Å²) in [6.45, 7) is 4.84. The molecule has 0 spiro atoms. The van der Waals surface area contributed by atoms with Crippen molar-refractivity contribution in [1.29, 1.82) is 0 Å². The first kappa shape index (κ1) is 18.1. The summed E-state index contributed by atoms with van der Waals surface area (Å²) < 4.78 is 27.4. The number of nitrogens with one attached hydrogen (secondary N) is 2. The molecule has 29 heavy (non-hydrogen) atoms. The summed E-state index contributed by atoms with van der Waals surface area (Å²) in [7, 11) is -3.53. The highest BCUT2D eigenvalue weighted by molar-refractivity contribution is 7.89. The van der Waals surface area contributed by atoms with E-state index in [1.807, 2.05) is 6.07 Å². The highest BCUT2D eigenvalue weighted by Crippen LogP contribution is 2.30. The molecule has 3 heterocycles. The van der Waals surface area contributed by atoms with Crippen molar-refractivity contribution < 1.29 is 8.42 Å². The number of aromatic amines is 2. The van der Waals surface area contributed by atoms with Gasteiger partial charge in [-0.1, -0.05) is 18.2 Å². The van der Waals surface area contributed by atoms with Gasteiger partial charge < -0.3 is 4.98 Å². The average Bonchev–Trinajstić information content (AvgIpc) is 3.32. The predicted octanol–water partition coefficient (Wildman–Crippen LogP) is 3.32. The SMILES string of the molecule is Cc1cc2nc(-c3n[nH]c4c3CCN(S(=O)(=O)c3ccccc3)C4)[nH]c2cc1C. The van der Waals surface area contributed by atoms with Crippen molar-refractivity contribution in [3.63, 3.8) is 0 Å². The molecule has 0 amide bonds. The maximum Gasteiger partial charge on any atom is 0.243 e. The number of hydrogen-bond acceptors (Lipinski definition) is 4. The van der Waals surface area contributed by atoms with Gasteiger partial charge in [0, 0.05) is 12.1 Å². The van der Waals surface area contributed by atoms with Crippen molar-refractivity contribution in [2.45, 2.75) is 31.7 Å². The van der Waals surface area contributed by atoms with Crippen molar-refractivity contribution in [1.82, 2.24) is 24.5 Å². The third kappa shape index (κ3) is 2.95. The van der Waals surface area contributed by atoms with Gasteiger partial charge in [0.25, 0.3) is 0 Å². The van der Waals surface area contributed by atoms with Gasteiger partial charge in [0.15, 0.2) is 5.82 Å². The predicted molar refractivity (Wildman–Crippen MR) is 111 cm³/mol. The third-order valence-electron chi connectivity index (χ3n) is 5.60. The molecule has 0 unspecified atom stereocenters. The molecule has 7 nitrogen and oxygen atoms in total. The van der Waals surface area contributed by atoms with Gasteiger partial charge >= 0.3 is 0 Å². The van der Waals surface area contributed by atoms with E-state index in [1.54, 1.807) is 24.3 Å². The molecule has 0 saturated heterocycles. The molecule has 5 rings (SSSR count). The number of aryl methyl sites for hydroxylation is 2. The van der Waals surface area contributed by atoms with Crippen LogP contribution < -0.4 is 0 Å². The molecule has 0 aliphatic carbocycles. The van der Waals surface area contributed by atoms with Gasteiger partial charge in [0.2, 0.25) is 10.0 Å². The zero-order valence-electron chi connectivity index (χ0n) is 16.2. The van der Waals surface area contributed by atoms with Crippen LogP contribution in [0.4, 0.5) is 0 Å². The maximum absolute atomic E-state index is 12.9. The molecule has 0 bridgehead atoms. The molecule has 0 fully saturated rings. The Labute approximate surface area is 168 Å². The van der Waals surface area contributed by atoms with Gasteiger partial charge in [0.1, 0.15) is 5.69 Å². The number of fused-ring (bicyclic) bond motifs is 2. The lowest BCUT2D eigenvalue weighted by Crippen LogP contribution is -2.35. The monoisotopic (exact) mass is 407 g/mol. The zero-order chi connectivity index (χ0) is 20.2. The fourth-order valence-corrected chi connectivity index (χ4v) is 5.25. The summed E-state index contributed by atoms with van der Waals surface area (Å²) in [5, 5.41) is 7.49. The zero-order valence-corrected chi connectivity index (χ0v) is 17.0. The Kier molecular flexibility index (Phi) is 4.07. The first-order valence-corrected chi connectivity index (χ1v) is 11.0. The Morgan fingerprint density at radius 1 is 1.07 bits per heavy atom. The number of aromatic nitrogens is 4. The van der Waals surface area contributed by atoms with Crippen LogP contribution in [0, 0.1) is 13.8 Å². The highest BCUT2D eigenvalue weighted by Gasteiger charge is 2.31. The lowest BCUT2D eigenvalue weighted by molar-refractivity contribution is 0.387. The first-order chi connectivity index (χ1) is 13.9. The number of hydrogen-bond donors (Lipinski definition) is 2. The van der Waals surface area contributed by atoms with Crippen molar-refractivity contribution in [3.8, 4) is 11.5 Å². The van der Waals surface area contributed by atoms with Gasteiger partial charge in [-0.25, -0.2) is 13.4 Å². The first-order valence-electron chi connectivity index (χ1n) is 9.52. The average molecular weight is 407 g/mol. The molecule has 2 aromatic heterocycles. The van der Waals surface area contributed by atoms with E-state index < -0.39 is 10.0 Å². The summed E-state index contributed by atoms with van der Waals surface area (Å²) in [6.07, 6.45) is 0.586. The van der Waals surface area contributed by atoms with E-state index in [0.29, 0.717) is 23.7 Å². The van der Waals surface area contributed by atoms with Crippen molar-refractivity contribution >= 4 is 21.1 Å². The van der Waals surface area contributed by atoms with Crippen molar-refractivity contribution in [2.24, 2.45) is 0 Å². The maximum atomic E-state index is 12.9. The molecule has 0 saturated carbocycles. The Hall–Kier alpha value is -2.97.